The number of alkyl halides is 3. The monoisotopic (exact) mass is 295 g/mol. The van der Waals surface area contributed by atoms with Crippen LogP contribution >= 0.6 is 0 Å². The molecule has 0 aliphatic carbocycles. The summed E-state index contributed by atoms with van der Waals surface area (Å²) < 4.78 is 62.5. The molecule has 1 atom stereocenters. The first kappa shape index (κ1) is 14.4. The van der Waals surface area contributed by atoms with Crippen molar-refractivity contribution in [1.82, 2.24) is 4.90 Å². The largest absolute Gasteiger partial charge is 0.416 e. The molecule has 9 heteroatoms. The molecule has 0 saturated heterocycles. The minimum Gasteiger partial charge on any atom is -0.382 e. The lowest BCUT2D eigenvalue weighted by molar-refractivity contribution is -0.204. The Kier molecular flexibility index (Phi) is 3.24. The number of halogens is 5. The van der Waals surface area contributed by atoms with Gasteiger partial charge >= 0.3 is 6.18 Å². The molecule has 0 aromatic heterocycles. The van der Waals surface area contributed by atoms with E-state index < -0.39 is 53.4 Å². The van der Waals surface area contributed by atoms with Gasteiger partial charge in [0.2, 0.25) is 0 Å². The van der Waals surface area contributed by atoms with Crippen LogP contribution in [0.2, 0.25) is 0 Å². The summed E-state index contributed by atoms with van der Waals surface area (Å²) in [6.45, 7) is -1.33. The molecule has 0 radical (unpaired) electrons. The number of aliphatic hydroxyl groups excluding tert-OH is 1. The summed E-state index contributed by atoms with van der Waals surface area (Å²) in [6.07, 6.45) is -7.95. The van der Waals surface area contributed by atoms with Crippen LogP contribution in [0.25, 0.3) is 0 Å². The molecule has 0 bridgehead atoms. The molecule has 4 nitrogen and oxygen atoms in total. The lowest BCUT2D eigenvalue weighted by Crippen LogP contribution is -2.43. The zero-order valence-electron chi connectivity index (χ0n) is 9.54. The van der Waals surface area contributed by atoms with Gasteiger partial charge in [0.05, 0.1) is 17.7 Å². The maximum absolute atomic E-state index is 13.0. The van der Waals surface area contributed by atoms with Crippen LogP contribution in [-0.4, -0.2) is 40.6 Å². The fourth-order valence-electron chi connectivity index (χ4n) is 1.73. The Morgan fingerprint density at radius 2 is 1.45 bits per heavy atom. The predicted molar refractivity (Wildman–Crippen MR) is 53.8 cm³/mol. The summed E-state index contributed by atoms with van der Waals surface area (Å²) in [5.74, 6) is -5.23. The van der Waals surface area contributed by atoms with Gasteiger partial charge in [-0.15, -0.1) is 0 Å². The van der Waals surface area contributed by atoms with Gasteiger partial charge in [0.15, 0.2) is 17.7 Å². The fourth-order valence-corrected chi connectivity index (χ4v) is 1.73. The molecular weight excluding hydrogens is 289 g/mol. The van der Waals surface area contributed by atoms with Crippen molar-refractivity contribution in [3.63, 3.8) is 0 Å². The van der Waals surface area contributed by atoms with Gasteiger partial charge < -0.3 is 5.11 Å². The normalized spacial score (nSPS) is 16.6. The molecule has 0 fully saturated rings. The Labute approximate surface area is 108 Å². The molecular formula is C11H6F5NO3. The van der Waals surface area contributed by atoms with Gasteiger partial charge in [-0.05, 0) is 12.1 Å². The lowest BCUT2D eigenvalue weighted by atomic mass is 10.1. The van der Waals surface area contributed by atoms with Crippen molar-refractivity contribution in [2.75, 3.05) is 6.54 Å². The first-order valence-electron chi connectivity index (χ1n) is 5.23. The highest BCUT2D eigenvalue weighted by Crippen LogP contribution is 2.28. The van der Waals surface area contributed by atoms with Crippen LogP contribution in [0.4, 0.5) is 22.0 Å². The smallest absolute Gasteiger partial charge is 0.382 e. The number of rotatable bonds is 2. The highest BCUT2D eigenvalue weighted by atomic mass is 19.4. The molecule has 2 rings (SSSR count). The molecule has 1 aromatic rings. The van der Waals surface area contributed by atoms with Crippen molar-refractivity contribution in [2.45, 2.75) is 12.3 Å². The van der Waals surface area contributed by atoms with Crippen molar-refractivity contribution in [2.24, 2.45) is 0 Å². The average Bonchev–Trinajstić information content (AvgIpc) is 2.54. The van der Waals surface area contributed by atoms with Crippen molar-refractivity contribution < 1.29 is 36.6 Å². The van der Waals surface area contributed by atoms with Gasteiger partial charge in [0.25, 0.3) is 11.8 Å². The molecule has 1 N–H and O–H groups in total. The second-order valence-electron chi connectivity index (χ2n) is 4.09. The number of carbonyl (C=O) groups excluding carboxylic acids is 2. The summed E-state index contributed by atoms with van der Waals surface area (Å²) in [5.41, 5.74) is -1.08. The maximum Gasteiger partial charge on any atom is 0.416 e. The van der Waals surface area contributed by atoms with Gasteiger partial charge in [0, 0.05) is 0 Å². The predicted octanol–water partition coefficient (Wildman–Crippen LogP) is 1.48. The van der Waals surface area contributed by atoms with Crippen LogP contribution in [0.1, 0.15) is 20.7 Å². The first-order chi connectivity index (χ1) is 9.12. The number of hydrogen-bond donors (Lipinski definition) is 1. The minimum absolute atomic E-state index is 0.0989. The standard InChI is InChI=1S/C11H6F5NO3/c12-6-1-4-5(2-7(6)13)10(20)17(9(4)19)3-8(18)11(14,15)16/h1-2,8,18H,3H2. The van der Waals surface area contributed by atoms with E-state index in [0.29, 0.717) is 12.1 Å². The lowest BCUT2D eigenvalue weighted by Gasteiger charge is -2.20. The summed E-state index contributed by atoms with van der Waals surface area (Å²) in [7, 11) is 0. The fraction of sp³-hybridized carbons (Fsp3) is 0.273. The minimum atomic E-state index is -5.02. The highest BCUT2D eigenvalue weighted by molar-refractivity contribution is 6.21. The van der Waals surface area contributed by atoms with Crippen LogP contribution in [0.15, 0.2) is 12.1 Å². The summed E-state index contributed by atoms with van der Waals surface area (Å²) in [5, 5.41) is 8.85. The van der Waals surface area contributed by atoms with Crippen molar-refractivity contribution in [3.8, 4) is 0 Å². The second-order valence-corrected chi connectivity index (χ2v) is 4.09. The number of hydrogen-bond acceptors (Lipinski definition) is 3. The third-order valence-electron chi connectivity index (χ3n) is 2.74. The van der Waals surface area contributed by atoms with Gasteiger partial charge in [0.1, 0.15) is 0 Å². The number of nitrogens with zero attached hydrogens (tertiary/aromatic N) is 1. The van der Waals surface area contributed by atoms with E-state index in [-0.39, 0.29) is 4.90 Å². The van der Waals surface area contributed by atoms with Crippen molar-refractivity contribution in [3.05, 3.63) is 34.9 Å². The van der Waals surface area contributed by atoms with E-state index in [1.165, 1.54) is 0 Å². The molecule has 20 heavy (non-hydrogen) atoms. The van der Waals surface area contributed by atoms with Gasteiger partial charge in [-0.2, -0.15) is 13.2 Å². The number of imide groups is 1. The number of amides is 2. The third kappa shape index (κ3) is 2.24. The summed E-state index contributed by atoms with van der Waals surface area (Å²) in [4.78, 5) is 23.4. The van der Waals surface area contributed by atoms with Crippen LogP contribution in [-0.2, 0) is 0 Å². The van der Waals surface area contributed by atoms with E-state index in [1.54, 1.807) is 0 Å². The summed E-state index contributed by atoms with van der Waals surface area (Å²) in [6, 6.07) is 0.871. The molecule has 108 valence electrons. The van der Waals surface area contributed by atoms with Crippen molar-refractivity contribution >= 4 is 11.8 Å². The zero-order valence-corrected chi connectivity index (χ0v) is 9.54. The van der Waals surface area contributed by atoms with E-state index in [1.807, 2.05) is 0 Å². The summed E-state index contributed by atoms with van der Waals surface area (Å²) >= 11 is 0. The quantitative estimate of drug-likeness (QED) is 0.664. The number of aliphatic hydroxyl groups is 1. The molecule has 1 aliphatic rings. The number of fused-ring (bicyclic) bond motifs is 1. The van der Waals surface area contributed by atoms with E-state index in [4.69, 9.17) is 5.11 Å². The van der Waals surface area contributed by atoms with Crippen LogP contribution in [0.5, 0.6) is 0 Å². The molecule has 1 heterocycles. The Morgan fingerprint density at radius 1 is 1.05 bits per heavy atom. The molecule has 1 unspecified atom stereocenters. The van der Waals surface area contributed by atoms with E-state index in [2.05, 4.69) is 0 Å². The molecule has 2 amide bonds. The van der Waals surface area contributed by atoms with Gasteiger partial charge in [-0.25, -0.2) is 8.78 Å². The number of carbonyl (C=O) groups is 2. The molecule has 0 spiro atoms. The highest BCUT2D eigenvalue weighted by Gasteiger charge is 2.44. The molecule has 1 aliphatic heterocycles. The molecule has 0 saturated carbocycles. The number of benzene rings is 1. The maximum atomic E-state index is 13.0. The van der Waals surface area contributed by atoms with Crippen LogP contribution in [0.3, 0.4) is 0 Å². The Morgan fingerprint density at radius 3 is 1.80 bits per heavy atom. The topological polar surface area (TPSA) is 57.6 Å². The van der Waals surface area contributed by atoms with Gasteiger partial charge in [-0.1, -0.05) is 0 Å². The van der Waals surface area contributed by atoms with E-state index in [0.717, 1.165) is 0 Å². The van der Waals surface area contributed by atoms with E-state index >= 15 is 0 Å². The third-order valence-corrected chi connectivity index (χ3v) is 2.74. The van der Waals surface area contributed by atoms with Gasteiger partial charge in [-0.3, -0.25) is 14.5 Å². The Bertz CT molecular complexity index is 557. The Balaban J connectivity index is 2.33. The average molecular weight is 295 g/mol. The second kappa shape index (κ2) is 4.51. The zero-order chi connectivity index (χ0) is 15.2. The Hall–Kier alpha value is -2.03. The van der Waals surface area contributed by atoms with E-state index in [9.17, 15) is 31.5 Å². The van der Waals surface area contributed by atoms with Crippen LogP contribution in [0, 0.1) is 11.6 Å². The van der Waals surface area contributed by atoms with Crippen LogP contribution < -0.4 is 0 Å². The molecule has 1 aromatic carbocycles. The first-order valence-corrected chi connectivity index (χ1v) is 5.23. The SMILES string of the molecule is O=C1c2cc(F)c(F)cc2C(=O)N1CC(O)C(F)(F)F. The van der Waals surface area contributed by atoms with Crippen molar-refractivity contribution in [1.29, 1.82) is 0 Å². The number of β-amino-alcohol motifs (C(OH)–C–C–N with tert-alkyl or cyclic N) is 1.